The van der Waals surface area contributed by atoms with Crippen LogP contribution >= 0.6 is 31.9 Å². The van der Waals surface area contributed by atoms with Gasteiger partial charge in [0.15, 0.2) is 9.84 Å². The van der Waals surface area contributed by atoms with Crippen molar-refractivity contribution in [3.05, 3.63) is 28.2 Å². The predicted octanol–water partition coefficient (Wildman–Crippen LogP) is 2.79. The van der Waals surface area contributed by atoms with Crippen LogP contribution in [0, 0.1) is 0 Å². The Balaban J connectivity index is 3.15. The van der Waals surface area contributed by atoms with Gasteiger partial charge in [0.05, 0.1) is 4.90 Å². The van der Waals surface area contributed by atoms with E-state index in [0.717, 1.165) is 17.3 Å². The average molecular weight is 342 g/mol. The second-order valence-electron chi connectivity index (χ2n) is 2.98. The van der Waals surface area contributed by atoms with Gasteiger partial charge in [0.2, 0.25) is 0 Å². The molecule has 0 amide bonds. The first-order chi connectivity index (χ1) is 6.45. The number of hydrogen-bond donors (Lipinski definition) is 0. The molecule has 0 aromatic heterocycles. The molecule has 2 nitrogen and oxygen atoms in total. The number of sulfone groups is 1. The molecule has 0 spiro atoms. The van der Waals surface area contributed by atoms with Crippen LogP contribution in [0.25, 0.3) is 0 Å². The second-order valence-corrected chi connectivity index (χ2v) is 6.61. The van der Waals surface area contributed by atoms with Gasteiger partial charge in [-0.2, -0.15) is 0 Å². The van der Waals surface area contributed by atoms with E-state index in [-0.39, 0.29) is 0 Å². The Labute approximate surface area is 101 Å². The van der Waals surface area contributed by atoms with Crippen LogP contribution in [0.15, 0.2) is 27.6 Å². The van der Waals surface area contributed by atoms with Crippen LogP contribution in [-0.2, 0) is 16.3 Å². The van der Waals surface area contributed by atoms with Gasteiger partial charge in [-0.05, 0) is 40.0 Å². The molecule has 78 valence electrons. The number of aryl methyl sites for hydroxylation is 1. The van der Waals surface area contributed by atoms with E-state index in [9.17, 15) is 8.42 Å². The standard InChI is InChI=1S/C9H10Br2O2S/c1-14(12,13)9-3-2-7(4-5-10)6-8(9)11/h2-3,6H,4-5H2,1H3. The molecule has 0 heterocycles. The number of halogens is 2. The first-order valence-corrected chi connectivity index (χ1v) is 7.80. The molecule has 0 N–H and O–H groups in total. The largest absolute Gasteiger partial charge is 0.224 e. The molecule has 0 bridgehead atoms. The summed E-state index contributed by atoms with van der Waals surface area (Å²) in [5.41, 5.74) is 1.11. The Morgan fingerprint density at radius 3 is 2.43 bits per heavy atom. The van der Waals surface area contributed by atoms with Crippen molar-refractivity contribution in [1.82, 2.24) is 0 Å². The van der Waals surface area contributed by atoms with Crippen molar-refractivity contribution in [2.75, 3.05) is 11.6 Å². The monoisotopic (exact) mass is 340 g/mol. The quantitative estimate of drug-likeness (QED) is 0.792. The first-order valence-electron chi connectivity index (χ1n) is 3.99. The van der Waals surface area contributed by atoms with Gasteiger partial charge in [-0.3, -0.25) is 0 Å². The Morgan fingerprint density at radius 2 is 2.00 bits per heavy atom. The summed E-state index contributed by atoms with van der Waals surface area (Å²) in [4.78, 5) is 0.343. The average Bonchev–Trinajstić information content (AvgIpc) is 2.02. The minimum atomic E-state index is -3.12. The van der Waals surface area contributed by atoms with Crippen LogP contribution in [0.4, 0.5) is 0 Å². The lowest BCUT2D eigenvalue weighted by atomic mass is 10.2. The summed E-state index contributed by atoms with van der Waals surface area (Å²) in [6.07, 6.45) is 2.10. The van der Waals surface area contributed by atoms with Crippen LogP contribution in [0.5, 0.6) is 0 Å². The summed E-state index contributed by atoms with van der Waals surface area (Å²) in [6, 6.07) is 5.32. The molecule has 0 aliphatic heterocycles. The lowest BCUT2D eigenvalue weighted by Crippen LogP contribution is -1.99. The Kier molecular flexibility index (Phi) is 4.15. The fourth-order valence-electron chi connectivity index (χ4n) is 1.11. The van der Waals surface area contributed by atoms with Gasteiger partial charge in [-0.15, -0.1) is 0 Å². The maximum Gasteiger partial charge on any atom is 0.176 e. The van der Waals surface area contributed by atoms with Crippen molar-refractivity contribution in [2.45, 2.75) is 11.3 Å². The molecular weight excluding hydrogens is 332 g/mol. The minimum Gasteiger partial charge on any atom is -0.224 e. The normalized spacial score (nSPS) is 11.6. The molecule has 0 atom stereocenters. The van der Waals surface area contributed by atoms with Crippen molar-refractivity contribution < 1.29 is 8.42 Å². The molecule has 0 fully saturated rings. The van der Waals surface area contributed by atoms with E-state index in [1.54, 1.807) is 6.07 Å². The third-order valence-corrected chi connectivity index (χ3v) is 4.25. The van der Waals surface area contributed by atoms with Crippen molar-refractivity contribution in [2.24, 2.45) is 0 Å². The number of hydrogen-bond acceptors (Lipinski definition) is 2. The lowest BCUT2D eigenvalue weighted by Gasteiger charge is -2.04. The third-order valence-electron chi connectivity index (χ3n) is 1.78. The molecule has 0 unspecified atom stereocenters. The Hall–Kier alpha value is 0.130. The fourth-order valence-corrected chi connectivity index (χ4v) is 3.60. The molecule has 0 radical (unpaired) electrons. The van der Waals surface area contributed by atoms with E-state index in [1.165, 1.54) is 6.26 Å². The molecule has 0 saturated carbocycles. The highest BCUT2D eigenvalue weighted by atomic mass is 79.9. The maximum atomic E-state index is 11.3. The van der Waals surface area contributed by atoms with Crippen molar-refractivity contribution in [3.63, 3.8) is 0 Å². The molecule has 5 heteroatoms. The molecular formula is C9H10Br2O2S. The van der Waals surface area contributed by atoms with Crippen LogP contribution in [0.2, 0.25) is 0 Å². The van der Waals surface area contributed by atoms with Gasteiger partial charge >= 0.3 is 0 Å². The third kappa shape index (κ3) is 3.07. The highest BCUT2D eigenvalue weighted by Crippen LogP contribution is 2.23. The van der Waals surface area contributed by atoms with Gasteiger partial charge in [0.1, 0.15) is 0 Å². The van der Waals surface area contributed by atoms with E-state index >= 15 is 0 Å². The molecule has 0 aliphatic carbocycles. The first kappa shape index (κ1) is 12.2. The summed E-state index contributed by atoms with van der Waals surface area (Å²) >= 11 is 6.59. The van der Waals surface area contributed by atoms with Crippen LogP contribution in [0.3, 0.4) is 0 Å². The number of alkyl halides is 1. The van der Waals surface area contributed by atoms with E-state index in [4.69, 9.17) is 0 Å². The smallest absolute Gasteiger partial charge is 0.176 e. The van der Waals surface area contributed by atoms with Crippen LogP contribution in [-0.4, -0.2) is 20.0 Å². The van der Waals surface area contributed by atoms with Gasteiger partial charge in [0, 0.05) is 16.1 Å². The SMILES string of the molecule is CS(=O)(=O)c1ccc(CCBr)cc1Br. The van der Waals surface area contributed by atoms with Crippen LogP contribution < -0.4 is 0 Å². The predicted molar refractivity (Wildman–Crippen MR) is 64.7 cm³/mol. The molecule has 1 aromatic carbocycles. The maximum absolute atomic E-state index is 11.3. The van der Waals surface area contributed by atoms with Crippen molar-refractivity contribution in [3.8, 4) is 0 Å². The highest BCUT2D eigenvalue weighted by Gasteiger charge is 2.11. The highest BCUT2D eigenvalue weighted by molar-refractivity contribution is 9.10. The van der Waals surface area contributed by atoms with E-state index < -0.39 is 9.84 Å². The molecule has 0 aliphatic rings. The van der Waals surface area contributed by atoms with E-state index in [2.05, 4.69) is 31.9 Å². The molecule has 0 saturated heterocycles. The topological polar surface area (TPSA) is 34.1 Å². The van der Waals surface area contributed by atoms with Gasteiger partial charge in [-0.1, -0.05) is 22.0 Å². The summed E-state index contributed by atoms with van der Waals surface area (Å²) in [6.45, 7) is 0. The van der Waals surface area contributed by atoms with Gasteiger partial charge in [-0.25, -0.2) is 8.42 Å². The lowest BCUT2D eigenvalue weighted by molar-refractivity contribution is 0.601. The zero-order chi connectivity index (χ0) is 10.8. The molecule has 14 heavy (non-hydrogen) atoms. The summed E-state index contributed by atoms with van der Waals surface area (Å²) in [5.74, 6) is 0. The number of rotatable bonds is 3. The van der Waals surface area contributed by atoms with Crippen molar-refractivity contribution in [1.29, 1.82) is 0 Å². The fraction of sp³-hybridized carbons (Fsp3) is 0.333. The number of benzene rings is 1. The zero-order valence-corrected chi connectivity index (χ0v) is 11.6. The Bertz CT molecular complexity index is 426. The van der Waals surface area contributed by atoms with Crippen molar-refractivity contribution >= 4 is 41.7 Å². The van der Waals surface area contributed by atoms with Crippen LogP contribution in [0.1, 0.15) is 5.56 Å². The van der Waals surface area contributed by atoms with Gasteiger partial charge < -0.3 is 0 Å². The van der Waals surface area contributed by atoms with E-state index in [0.29, 0.717) is 9.37 Å². The summed E-state index contributed by atoms with van der Waals surface area (Å²) in [7, 11) is -3.12. The second kappa shape index (κ2) is 4.77. The minimum absolute atomic E-state index is 0.343. The summed E-state index contributed by atoms with van der Waals surface area (Å²) < 4.78 is 23.2. The van der Waals surface area contributed by atoms with E-state index in [1.807, 2.05) is 12.1 Å². The summed E-state index contributed by atoms with van der Waals surface area (Å²) in [5, 5.41) is 0.873. The zero-order valence-electron chi connectivity index (χ0n) is 7.63. The molecule has 1 aromatic rings. The Morgan fingerprint density at radius 1 is 1.36 bits per heavy atom. The van der Waals surface area contributed by atoms with Gasteiger partial charge in [0.25, 0.3) is 0 Å². The molecule has 1 rings (SSSR count).